The molecule has 1 aliphatic rings. The Bertz CT molecular complexity index is 1300. The van der Waals surface area contributed by atoms with Crippen LogP contribution in [0.2, 0.25) is 10.0 Å². The Labute approximate surface area is 232 Å². The van der Waals surface area contributed by atoms with Crippen LogP contribution in [0.15, 0.2) is 42.5 Å². The molecule has 0 saturated heterocycles. The number of para-hydroxylation sites is 1. The fourth-order valence-electron chi connectivity index (χ4n) is 4.82. The molecule has 0 fully saturated rings. The number of nitrogens with zero attached hydrogens (tertiary/aromatic N) is 1. The summed E-state index contributed by atoms with van der Waals surface area (Å²) < 4.78 is 0. The van der Waals surface area contributed by atoms with Gasteiger partial charge in [0.05, 0.1) is 21.2 Å². The highest BCUT2D eigenvalue weighted by molar-refractivity contribution is 7.12. The van der Waals surface area contributed by atoms with E-state index < -0.39 is 0 Å². The maximum absolute atomic E-state index is 12.5. The lowest BCUT2D eigenvalue weighted by atomic mass is 9.90. The van der Waals surface area contributed by atoms with Crippen molar-refractivity contribution in [2.24, 2.45) is 5.92 Å². The van der Waals surface area contributed by atoms with Gasteiger partial charge in [-0.25, -0.2) is 0 Å². The number of fused-ring (bicyclic) bond motifs is 1. The van der Waals surface area contributed by atoms with Gasteiger partial charge in [0.2, 0.25) is 0 Å². The normalized spacial score (nSPS) is 15.6. The summed E-state index contributed by atoms with van der Waals surface area (Å²) in [6, 6.07) is 15.1. The number of phenolic OH excluding ortho intramolecular Hbond substituents is 1. The third-order valence-corrected chi connectivity index (χ3v) is 9.14. The van der Waals surface area contributed by atoms with Crippen LogP contribution in [0.5, 0.6) is 5.75 Å². The largest absolute Gasteiger partial charge is 0.507 e. The summed E-state index contributed by atoms with van der Waals surface area (Å²) in [7, 11) is 0. The monoisotopic (exact) mass is 555 g/mol. The van der Waals surface area contributed by atoms with Crippen molar-refractivity contribution >= 4 is 40.4 Å². The average Bonchev–Trinajstić information content (AvgIpc) is 3.26. The van der Waals surface area contributed by atoms with Gasteiger partial charge in [0, 0.05) is 28.9 Å². The summed E-state index contributed by atoms with van der Waals surface area (Å²) in [6.07, 6.45) is 5.47. The summed E-state index contributed by atoms with van der Waals surface area (Å²) >= 11 is 14.0. The third-order valence-electron chi connectivity index (χ3n) is 7.09. The molecular formula is C29H31Cl2N3O2S. The van der Waals surface area contributed by atoms with Crippen LogP contribution in [-0.2, 0) is 25.8 Å². The van der Waals surface area contributed by atoms with Gasteiger partial charge >= 0.3 is 0 Å². The summed E-state index contributed by atoms with van der Waals surface area (Å²) in [5, 5.41) is 27.6. The van der Waals surface area contributed by atoms with Crippen molar-refractivity contribution in [2.45, 2.75) is 58.0 Å². The number of phenols is 1. The molecule has 2 atom stereocenters. The van der Waals surface area contributed by atoms with Gasteiger partial charge in [-0.2, -0.15) is 5.26 Å². The van der Waals surface area contributed by atoms with Crippen LogP contribution in [-0.4, -0.2) is 23.6 Å². The number of aromatic hydroxyl groups is 1. The molecule has 0 spiro atoms. The fraction of sp³-hybridized carbons (Fsp3) is 0.379. The first kappa shape index (κ1) is 27.5. The number of carbonyl (C=O) groups is 1. The van der Waals surface area contributed by atoms with E-state index in [4.69, 9.17) is 23.2 Å². The number of carbonyl (C=O) groups excluding carboxylic acids is 1. The lowest BCUT2D eigenvalue weighted by Crippen LogP contribution is -2.33. The second-order valence-corrected chi connectivity index (χ2v) is 11.5. The standard InChI is InChI=1S/C29H31Cl2N3O2S/c1-2-18(16-34-29(36)22-5-3-4-6-26(22)35)8-12-27-23(15-32)21-10-9-20(14-28(21)37-27)33-17-19-7-11-24(30)25(31)13-19/h3-7,11,13,18,20,33,35H,2,8-10,12,14,16-17H2,1H3,(H,34,36). The first-order chi connectivity index (χ1) is 17.9. The smallest absolute Gasteiger partial charge is 0.255 e. The van der Waals surface area contributed by atoms with Crippen molar-refractivity contribution < 1.29 is 9.90 Å². The third kappa shape index (κ3) is 6.86. The summed E-state index contributed by atoms with van der Waals surface area (Å²) in [6.45, 7) is 3.38. The number of amides is 1. The fourth-order valence-corrected chi connectivity index (χ4v) is 6.54. The van der Waals surface area contributed by atoms with Gasteiger partial charge in [-0.05, 0) is 73.4 Å². The quantitative estimate of drug-likeness (QED) is 0.261. The minimum Gasteiger partial charge on any atom is -0.507 e. The molecule has 4 rings (SSSR count). The maximum atomic E-state index is 12.5. The molecule has 8 heteroatoms. The maximum Gasteiger partial charge on any atom is 0.255 e. The molecule has 1 aromatic heterocycles. The zero-order valence-electron chi connectivity index (χ0n) is 20.8. The van der Waals surface area contributed by atoms with Gasteiger partial charge in [0.25, 0.3) is 5.91 Å². The molecule has 2 aromatic carbocycles. The number of aryl methyl sites for hydroxylation is 1. The van der Waals surface area contributed by atoms with Crippen molar-refractivity contribution in [3.8, 4) is 11.8 Å². The highest BCUT2D eigenvalue weighted by Gasteiger charge is 2.26. The minimum absolute atomic E-state index is 0.0133. The van der Waals surface area contributed by atoms with Crippen molar-refractivity contribution in [3.63, 3.8) is 0 Å². The molecule has 0 saturated carbocycles. The molecule has 37 heavy (non-hydrogen) atoms. The summed E-state index contributed by atoms with van der Waals surface area (Å²) in [4.78, 5) is 14.9. The van der Waals surface area contributed by atoms with Crippen molar-refractivity contribution in [1.82, 2.24) is 10.6 Å². The zero-order chi connectivity index (χ0) is 26.4. The Morgan fingerprint density at radius 3 is 2.78 bits per heavy atom. The second-order valence-electron chi connectivity index (χ2n) is 9.52. The average molecular weight is 557 g/mol. The van der Waals surface area contributed by atoms with E-state index in [0.29, 0.717) is 28.5 Å². The SMILES string of the molecule is CCC(CCc1sc2c(c1C#N)CCC(NCc1ccc(Cl)c(Cl)c1)C2)CNC(=O)c1ccccc1O. The molecule has 1 amide bonds. The van der Waals surface area contributed by atoms with E-state index in [2.05, 4.69) is 23.6 Å². The molecule has 1 aliphatic carbocycles. The van der Waals surface area contributed by atoms with Crippen LogP contribution in [0.3, 0.4) is 0 Å². The predicted molar refractivity (Wildman–Crippen MR) is 151 cm³/mol. The van der Waals surface area contributed by atoms with Crippen molar-refractivity contribution in [1.29, 1.82) is 5.26 Å². The number of thiophene rings is 1. The van der Waals surface area contributed by atoms with Gasteiger partial charge < -0.3 is 15.7 Å². The highest BCUT2D eigenvalue weighted by atomic mass is 35.5. The first-order valence-electron chi connectivity index (χ1n) is 12.7. The molecule has 2 unspecified atom stereocenters. The van der Waals surface area contributed by atoms with Crippen molar-refractivity contribution in [3.05, 3.63) is 84.5 Å². The van der Waals surface area contributed by atoms with E-state index in [-0.39, 0.29) is 17.2 Å². The van der Waals surface area contributed by atoms with E-state index in [1.807, 2.05) is 18.2 Å². The van der Waals surface area contributed by atoms with E-state index in [1.54, 1.807) is 29.5 Å². The number of halogens is 2. The molecular weight excluding hydrogens is 525 g/mol. The second kappa shape index (κ2) is 12.8. The number of rotatable bonds is 10. The molecule has 3 N–H and O–H groups in total. The van der Waals surface area contributed by atoms with Gasteiger partial charge in [-0.15, -0.1) is 11.3 Å². The zero-order valence-corrected chi connectivity index (χ0v) is 23.1. The number of nitriles is 1. The Hall–Kier alpha value is -2.56. The number of hydrogen-bond donors (Lipinski definition) is 3. The van der Waals surface area contributed by atoms with Crippen LogP contribution >= 0.6 is 34.5 Å². The number of hydrogen-bond acceptors (Lipinski definition) is 5. The van der Waals surface area contributed by atoms with Crippen LogP contribution in [0.1, 0.15) is 63.0 Å². The molecule has 3 aromatic rings. The molecule has 0 aliphatic heterocycles. The van der Waals surface area contributed by atoms with E-state index in [1.165, 1.54) is 16.5 Å². The molecule has 1 heterocycles. The Morgan fingerprint density at radius 2 is 2.05 bits per heavy atom. The highest BCUT2D eigenvalue weighted by Crippen LogP contribution is 2.35. The Morgan fingerprint density at radius 1 is 1.24 bits per heavy atom. The lowest BCUT2D eigenvalue weighted by Gasteiger charge is -2.23. The Kier molecular flexibility index (Phi) is 9.50. The van der Waals surface area contributed by atoms with Crippen LogP contribution < -0.4 is 10.6 Å². The number of benzene rings is 2. The molecule has 5 nitrogen and oxygen atoms in total. The summed E-state index contributed by atoms with van der Waals surface area (Å²) in [5.41, 5.74) is 3.47. The van der Waals surface area contributed by atoms with E-state index in [0.717, 1.165) is 61.1 Å². The topological polar surface area (TPSA) is 85.2 Å². The predicted octanol–water partition coefficient (Wildman–Crippen LogP) is 6.67. The van der Waals surface area contributed by atoms with Crippen LogP contribution in [0.4, 0.5) is 0 Å². The van der Waals surface area contributed by atoms with Gasteiger partial charge in [0.15, 0.2) is 0 Å². The Balaban J connectivity index is 1.33. The van der Waals surface area contributed by atoms with Crippen molar-refractivity contribution in [2.75, 3.05) is 6.54 Å². The number of nitrogens with one attached hydrogen (secondary N) is 2. The molecule has 0 bridgehead atoms. The first-order valence-corrected chi connectivity index (χ1v) is 14.2. The van der Waals surface area contributed by atoms with E-state index in [9.17, 15) is 15.2 Å². The van der Waals surface area contributed by atoms with Crippen LogP contribution in [0, 0.1) is 17.2 Å². The van der Waals surface area contributed by atoms with Gasteiger partial charge in [0.1, 0.15) is 11.8 Å². The van der Waals surface area contributed by atoms with E-state index >= 15 is 0 Å². The summed E-state index contributed by atoms with van der Waals surface area (Å²) in [5.74, 6) is 0.0157. The molecule has 0 radical (unpaired) electrons. The van der Waals surface area contributed by atoms with Gasteiger partial charge in [-0.1, -0.05) is 54.7 Å². The van der Waals surface area contributed by atoms with Crippen LogP contribution in [0.25, 0.3) is 0 Å². The minimum atomic E-state index is -0.264. The lowest BCUT2D eigenvalue weighted by molar-refractivity contribution is 0.0943. The molecule has 194 valence electrons. The van der Waals surface area contributed by atoms with Gasteiger partial charge in [-0.3, -0.25) is 4.79 Å².